The molecule has 0 aliphatic carbocycles. The molecule has 1 heterocycles. The smallest absolute Gasteiger partial charge is 0.161 e. The van der Waals surface area contributed by atoms with Gasteiger partial charge in [0.05, 0.1) is 25.9 Å². The fourth-order valence-corrected chi connectivity index (χ4v) is 2.50. The van der Waals surface area contributed by atoms with Crippen LogP contribution >= 0.6 is 0 Å². The first-order valence-corrected chi connectivity index (χ1v) is 7.15. The van der Waals surface area contributed by atoms with Crippen molar-refractivity contribution in [3.8, 4) is 11.5 Å². The van der Waals surface area contributed by atoms with Crippen LogP contribution in [0.25, 0.3) is 0 Å². The summed E-state index contributed by atoms with van der Waals surface area (Å²) in [5.41, 5.74) is 1.28. The van der Waals surface area contributed by atoms with E-state index in [1.807, 2.05) is 13.0 Å². The lowest BCUT2D eigenvalue weighted by atomic mass is 9.94. The summed E-state index contributed by atoms with van der Waals surface area (Å²) in [6.07, 6.45) is 3.12. The average Bonchev–Trinajstić information content (AvgIpc) is 3.17. The van der Waals surface area contributed by atoms with Crippen molar-refractivity contribution < 1.29 is 14.2 Å². The first-order chi connectivity index (χ1) is 9.19. The molecule has 0 aromatic heterocycles. The van der Waals surface area contributed by atoms with Crippen molar-refractivity contribution >= 4 is 0 Å². The zero-order valence-electron chi connectivity index (χ0n) is 12.3. The molecular weight excluding hydrogens is 240 g/mol. The van der Waals surface area contributed by atoms with Crippen molar-refractivity contribution in [2.45, 2.75) is 51.7 Å². The van der Waals surface area contributed by atoms with Crippen LogP contribution in [0.2, 0.25) is 0 Å². The van der Waals surface area contributed by atoms with Gasteiger partial charge in [-0.1, -0.05) is 19.9 Å². The van der Waals surface area contributed by atoms with Crippen LogP contribution in [0, 0.1) is 0 Å². The molecule has 106 valence electrons. The Kier molecular flexibility index (Phi) is 4.70. The molecule has 0 bridgehead atoms. The van der Waals surface area contributed by atoms with Gasteiger partial charge in [0.1, 0.15) is 0 Å². The van der Waals surface area contributed by atoms with E-state index in [2.05, 4.69) is 26.0 Å². The minimum Gasteiger partial charge on any atom is -0.493 e. The van der Waals surface area contributed by atoms with Crippen LogP contribution < -0.4 is 9.47 Å². The van der Waals surface area contributed by atoms with E-state index in [1.54, 1.807) is 7.11 Å². The van der Waals surface area contributed by atoms with E-state index in [4.69, 9.17) is 14.2 Å². The second-order valence-electron chi connectivity index (χ2n) is 5.10. The molecule has 3 unspecified atom stereocenters. The average molecular weight is 264 g/mol. The van der Waals surface area contributed by atoms with Gasteiger partial charge in [-0.15, -0.1) is 0 Å². The molecule has 1 saturated heterocycles. The Bertz CT molecular complexity index is 416. The topological polar surface area (TPSA) is 31.0 Å². The summed E-state index contributed by atoms with van der Waals surface area (Å²) in [6.45, 7) is 7.05. The minimum absolute atomic E-state index is 0.442. The fraction of sp³-hybridized carbons (Fsp3) is 0.625. The molecule has 1 aromatic carbocycles. The van der Waals surface area contributed by atoms with Gasteiger partial charge in [-0.25, -0.2) is 0 Å². The van der Waals surface area contributed by atoms with E-state index >= 15 is 0 Å². The molecule has 0 amide bonds. The molecular formula is C16H24O3. The monoisotopic (exact) mass is 264 g/mol. The van der Waals surface area contributed by atoms with Gasteiger partial charge in [0.15, 0.2) is 11.5 Å². The summed E-state index contributed by atoms with van der Waals surface area (Å²) in [4.78, 5) is 0. The lowest BCUT2D eigenvalue weighted by Gasteiger charge is -2.14. The van der Waals surface area contributed by atoms with Crippen molar-refractivity contribution in [1.82, 2.24) is 0 Å². The van der Waals surface area contributed by atoms with Crippen molar-refractivity contribution in [1.29, 1.82) is 0 Å². The van der Waals surface area contributed by atoms with E-state index in [1.165, 1.54) is 5.56 Å². The summed E-state index contributed by atoms with van der Waals surface area (Å²) in [5, 5.41) is 0. The first-order valence-electron chi connectivity index (χ1n) is 7.15. The molecule has 1 aliphatic rings. The first kappa shape index (κ1) is 14.2. The summed E-state index contributed by atoms with van der Waals surface area (Å²) in [5.74, 6) is 2.11. The third-order valence-corrected chi connectivity index (χ3v) is 3.73. The number of benzene rings is 1. The molecule has 1 aliphatic heterocycles. The highest BCUT2D eigenvalue weighted by Gasteiger charge is 2.37. The maximum atomic E-state index is 5.62. The Balaban J connectivity index is 2.03. The molecule has 2 rings (SSSR count). The van der Waals surface area contributed by atoms with Crippen molar-refractivity contribution in [2.75, 3.05) is 13.7 Å². The zero-order chi connectivity index (χ0) is 13.8. The molecule has 0 radical (unpaired) electrons. The Morgan fingerprint density at radius 1 is 1.21 bits per heavy atom. The van der Waals surface area contributed by atoms with Gasteiger partial charge in [-0.05, 0) is 43.4 Å². The third-order valence-electron chi connectivity index (χ3n) is 3.73. The summed E-state index contributed by atoms with van der Waals surface area (Å²) >= 11 is 0. The molecule has 3 nitrogen and oxygen atoms in total. The van der Waals surface area contributed by atoms with Crippen LogP contribution in [0.15, 0.2) is 18.2 Å². The fourth-order valence-electron chi connectivity index (χ4n) is 2.50. The van der Waals surface area contributed by atoms with Crippen LogP contribution in [-0.4, -0.2) is 25.9 Å². The largest absolute Gasteiger partial charge is 0.493 e. The number of ether oxygens (including phenoxy) is 3. The lowest BCUT2D eigenvalue weighted by molar-refractivity contribution is 0.310. The highest BCUT2D eigenvalue weighted by Crippen LogP contribution is 2.37. The Morgan fingerprint density at radius 3 is 2.58 bits per heavy atom. The predicted molar refractivity (Wildman–Crippen MR) is 76.1 cm³/mol. The van der Waals surface area contributed by atoms with Gasteiger partial charge in [-0.2, -0.15) is 0 Å². The maximum Gasteiger partial charge on any atom is 0.161 e. The number of methoxy groups -OCH3 is 1. The molecule has 1 aromatic rings. The second-order valence-corrected chi connectivity index (χ2v) is 5.10. The Hall–Kier alpha value is -1.22. The summed E-state index contributed by atoms with van der Waals surface area (Å²) in [6, 6.07) is 6.21. The summed E-state index contributed by atoms with van der Waals surface area (Å²) < 4.78 is 16.6. The van der Waals surface area contributed by atoms with Crippen LogP contribution in [0.1, 0.15) is 45.1 Å². The van der Waals surface area contributed by atoms with Gasteiger partial charge in [0, 0.05) is 0 Å². The zero-order valence-corrected chi connectivity index (χ0v) is 12.3. The third kappa shape index (κ3) is 3.41. The van der Waals surface area contributed by atoms with Crippen molar-refractivity contribution in [3.63, 3.8) is 0 Å². The second kappa shape index (κ2) is 6.29. The van der Waals surface area contributed by atoms with Gasteiger partial charge >= 0.3 is 0 Å². The highest BCUT2D eigenvalue weighted by molar-refractivity contribution is 5.43. The van der Waals surface area contributed by atoms with E-state index < -0.39 is 0 Å². The molecule has 0 saturated carbocycles. The van der Waals surface area contributed by atoms with Gasteiger partial charge in [0.25, 0.3) is 0 Å². The van der Waals surface area contributed by atoms with Crippen LogP contribution in [-0.2, 0) is 4.74 Å². The van der Waals surface area contributed by atoms with E-state index in [-0.39, 0.29) is 0 Å². The minimum atomic E-state index is 0.442. The van der Waals surface area contributed by atoms with Gasteiger partial charge in [0.2, 0.25) is 0 Å². The van der Waals surface area contributed by atoms with Crippen molar-refractivity contribution in [2.24, 2.45) is 0 Å². The van der Waals surface area contributed by atoms with Crippen molar-refractivity contribution in [3.05, 3.63) is 23.8 Å². The Labute approximate surface area is 115 Å². The molecule has 3 atom stereocenters. The highest BCUT2D eigenvalue weighted by atomic mass is 16.6. The quantitative estimate of drug-likeness (QED) is 0.702. The number of hydrogen-bond donors (Lipinski definition) is 0. The standard InChI is InChI=1S/C16H24O3/c1-5-13-16(19-13)9-11(3)12-7-8-14(18-6-2)15(10-12)17-4/h7-8,10-11,13,16H,5-6,9H2,1-4H3. The van der Waals surface area contributed by atoms with Crippen LogP contribution in [0.4, 0.5) is 0 Å². The Morgan fingerprint density at radius 2 is 2.00 bits per heavy atom. The van der Waals surface area contributed by atoms with E-state index in [9.17, 15) is 0 Å². The lowest BCUT2D eigenvalue weighted by Crippen LogP contribution is -2.02. The normalized spacial score (nSPS) is 22.9. The molecule has 3 heteroatoms. The van der Waals surface area contributed by atoms with E-state index in [0.29, 0.717) is 24.7 Å². The summed E-state index contributed by atoms with van der Waals surface area (Å²) in [7, 11) is 1.68. The van der Waals surface area contributed by atoms with Gasteiger partial charge < -0.3 is 14.2 Å². The van der Waals surface area contributed by atoms with Gasteiger partial charge in [-0.3, -0.25) is 0 Å². The van der Waals surface area contributed by atoms with E-state index in [0.717, 1.165) is 24.3 Å². The maximum absolute atomic E-state index is 5.62. The molecule has 0 N–H and O–H groups in total. The molecule has 1 fully saturated rings. The van der Waals surface area contributed by atoms with Crippen LogP contribution in [0.3, 0.4) is 0 Å². The van der Waals surface area contributed by atoms with Crippen LogP contribution in [0.5, 0.6) is 11.5 Å². The number of epoxide rings is 1. The molecule has 0 spiro atoms. The predicted octanol–water partition coefficient (Wildman–Crippen LogP) is 3.76. The SMILES string of the molecule is CCOc1ccc(C(C)CC2OC2CC)cc1OC. The molecule has 19 heavy (non-hydrogen) atoms. The number of hydrogen-bond acceptors (Lipinski definition) is 3. The number of rotatable bonds is 7.